The number of benzene rings is 2. The monoisotopic (exact) mass is 781 g/mol. The minimum absolute atomic E-state index is 0.0516. The Balaban J connectivity index is 1.20. The van der Waals surface area contributed by atoms with E-state index in [4.69, 9.17) is 16.3 Å². The van der Waals surface area contributed by atoms with Crippen molar-refractivity contribution in [2.24, 2.45) is 17.3 Å². The third-order valence-electron chi connectivity index (χ3n) is 10.7. The van der Waals surface area contributed by atoms with Gasteiger partial charge in [0, 0.05) is 30.2 Å². The van der Waals surface area contributed by atoms with Crippen LogP contribution in [0.3, 0.4) is 0 Å². The fourth-order valence-corrected chi connectivity index (χ4v) is 8.94. The quantitative estimate of drug-likeness (QED) is 0.270. The van der Waals surface area contributed by atoms with Crippen LogP contribution in [0.4, 0.5) is 23.7 Å². The number of carbonyl (C=O) groups excluding carboxylic acids is 4. The summed E-state index contributed by atoms with van der Waals surface area (Å²) in [5.74, 6) is -2.55. The molecule has 12 nitrogen and oxygen atoms in total. The molecule has 3 fully saturated rings. The molecular formula is C36H43ClF3N5O7S. The highest BCUT2D eigenvalue weighted by Crippen LogP contribution is 2.54. The smallest absolute Gasteiger partial charge is 0.416 e. The molecule has 0 aromatic heterocycles. The molecule has 3 N–H and O–H groups in total. The molecule has 0 bridgehead atoms. The average molecular weight is 782 g/mol. The second kappa shape index (κ2) is 14.6. The predicted molar refractivity (Wildman–Crippen MR) is 189 cm³/mol. The van der Waals surface area contributed by atoms with Gasteiger partial charge in [0.15, 0.2) is 0 Å². The van der Waals surface area contributed by atoms with Crippen LogP contribution in [-0.4, -0.2) is 78.6 Å². The number of nitrogens with one attached hydrogen (secondary N) is 3. The van der Waals surface area contributed by atoms with Crippen molar-refractivity contribution in [2.75, 3.05) is 18.4 Å². The first-order chi connectivity index (χ1) is 24.9. The van der Waals surface area contributed by atoms with Crippen LogP contribution in [0.5, 0.6) is 0 Å². The summed E-state index contributed by atoms with van der Waals surface area (Å²) >= 11 is 6.33. The summed E-state index contributed by atoms with van der Waals surface area (Å²) in [6.07, 6.45) is -4.42. The summed E-state index contributed by atoms with van der Waals surface area (Å²) in [6, 6.07) is 7.55. The lowest BCUT2D eigenvalue weighted by atomic mass is 10.0. The maximum Gasteiger partial charge on any atom is 0.416 e. The number of hydrogen-bond acceptors (Lipinski definition) is 8. The highest BCUT2D eigenvalue weighted by atomic mass is 35.5. The molecule has 2 saturated carbocycles. The molecule has 2 aliphatic heterocycles. The molecule has 4 aliphatic rings. The largest absolute Gasteiger partial charge is 0.444 e. The summed E-state index contributed by atoms with van der Waals surface area (Å²) in [5, 5.41) is 5.59. The molecule has 0 unspecified atom stereocenters. The zero-order chi connectivity index (χ0) is 38.5. The maximum atomic E-state index is 14.3. The van der Waals surface area contributed by atoms with E-state index in [9.17, 15) is 40.8 Å². The number of carbonyl (C=O) groups is 4. The molecule has 288 valence electrons. The first-order valence-electron chi connectivity index (χ1n) is 17.7. The highest BCUT2D eigenvalue weighted by molar-refractivity contribution is 7.90. The Morgan fingerprint density at radius 3 is 2.42 bits per heavy atom. The van der Waals surface area contributed by atoms with Gasteiger partial charge in [-0.2, -0.15) is 13.2 Å². The zero-order valence-corrected chi connectivity index (χ0v) is 31.1. The summed E-state index contributed by atoms with van der Waals surface area (Å²) in [4.78, 5) is 57.6. The van der Waals surface area contributed by atoms with E-state index in [1.54, 1.807) is 26.0 Å². The van der Waals surface area contributed by atoms with Crippen molar-refractivity contribution in [3.8, 4) is 0 Å². The van der Waals surface area contributed by atoms with Gasteiger partial charge in [0.2, 0.25) is 27.7 Å². The zero-order valence-electron chi connectivity index (χ0n) is 29.5. The van der Waals surface area contributed by atoms with Gasteiger partial charge >= 0.3 is 12.3 Å². The molecular weight excluding hydrogens is 739 g/mol. The topological polar surface area (TPSA) is 154 Å². The van der Waals surface area contributed by atoms with Crippen LogP contribution in [-0.2, 0) is 48.4 Å². The second-order valence-electron chi connectivity index (χ2n) is 14.8. The molecule has 6 rings (SSSR count). The number of fused-ring (bicyclic) bond motifs is 1. The minimum atomic E-state index is -4.61. The van der Waals surface area contributed by atoms with Gasteiger partial charge in [0.05, 0.1) is 29.3 Å². The van der Waals surface area contributed by atoms with E-state index in [-0.39, 0.29) is 44.2 Å². The molecule has 0 spiro atoms. The van der Waals surface area contributed by atoms with Crippen LogP contribution in [0.25, 0.3) is 0 Å². The first-order valence-corrected chi connectivity index (χ1v) is 19.7. The lowest BCUT2D eigenvalue weighted by Crippen LogP contribution is -2.53. The number of halogens is 4. The van der Waals surface area contributed by atoms with E-state index in [0.29, 0.717) is 30.7 Å². The molecule has 2 heterocycles. The van der Waals surface area contributed by atoms with Gasteiger partial charge in [0.1, 0.15) is 18.2 Å². The average Bonchev–Trinajstić information content (AvgIpc) is 4.00. The molecule has 53 heavy (non-hydrogen) atoms. The predicted octanol–water partition coefficient (Wildman–Crippen LogP) is 5.06. The van der Waals surface area contributed by atoms with Crippen LogP contribution in [0.1, 0.15) is 69.6 Å². The van der Waals surface area contributed by atoms with E-state index < -0.39 is 80.3 Å². The van der Waals surface area contributed by atoms with Crippen LogP contribution in [0.2, 0.25) is 5.02 Å². The van der Waals surface area contributed by atoms with Crippen molar-refractivity contribution in [1.82, 2.24) is 19.8 Å². The van der Waals surface area contributed by atoms with E-state index in [2.05, 4.69) is 15.4 Å². The van der Waals surface area contributed by atoms with Crippen molar-refractivity contribution >= 4 is 51.1 Å². The second-order valence-corrected chi connectivity index (χ2v) is 17.2. The van der Waals surface area contributed by atoms with Gasteiger partial charge in [-0.05, 0) is 66.5 Å². The maximum absolute atomic E-state index is 14.3. The summed E-state index contributed by atoms with van der Waals surface area (Å²) in [7, 11) is -3.83. The Morgan fingerprint density at radius 2 is 1.79 bits per heavy atom. The Kier molecular flexibility index (Phi) is 10.7. The number of ether oxygens (including phenoxy) is 1. The molecule has 4 amide bonds. The molecule has 1 saturated heterocycles. The lowest BCUT2D eigenvalue weighted by molar-refractivity contribution is -0.140. The van der Waals surface area contributed by atoms with E-state index >= 15 is 0 Å². The fraction of sp³-hybridized carbons (Fsp3) is 0.556. The van der Waals surface area contributed by atoms with Gasteiger partial charge in [-0.15, -0.1) is 0 Å². The number of likely N-dealkylation sites (tertiary alicyclic amines) is 1. The molecule has 17 heteroatoms. The van der Waals surface area contributed by atoms with Crippen LogP contribution in [0.15, 0.2) is 42.5 Å². The van der Waals surface area contributed by atoms with Crippen LogP contribution in [0, 0.1) is 17.3 Å². The Morgan fingerprint density at radius 1 is 1.08 bits per heavy atom. The molecule has 2 aliphatic carbocycles. The Hall–Kier alpha value is -4.05. The highest BCUT2D eigenvalue weighted by Gasteiger charge is 2.60. The number of sulfonamides is 1. The van der Waals surface area contributed by atoms with Crippen molar-refractivity contribution in [3.63, 3.8) is 0 Å². The van der Waals surface area contributed by atoms with Crippen molar-refractivity contribution in [1.29, 1.82) is 0 Å². The third-order valence-corrected chi connectivity index (χ3v) is 12.9. The minimum Gasteiger partial charge on any atom is -0.444 e. The van der Waals surface area contributed by atoms with Crippen molar-refractivity contribution < 1.29 is 45.5 Å². The van der Waals surface area contributed by atoms with Gasteiger partial charge in [-0.25, -0.2) is 13.2 Å². The summed E-state index contributed by atoms with van der Waals surface area (Å²) in [5.41, 5.74) is -0.343. The van der Waals surface area contributed by atoms with Crippen molar-refractivity contribution in [2.45, 2.75) is 95.6 Å². The fourth-order valence-electron chi connectivity index (χ4n) is 7.31. The van der Waals surface area contributed by atoms with Gasteiger partial charge in [-0.3, -0.25) is 24.0 Å². The van der Waals surface area contributed by atoms with Gasteiger partial charge in [0.25, 0.3) is 0 Å². The normalized spacial score (nSPS) is 24.4. The van der Waals surface area contributed by atoms with Crippen LogP contribution < -0.4 is 15.4 Å². The Labute approximate surface area is 311 Å². The van der Waals surface area contributed by atoms with Crippen LogP contribution >= 0.6 is 11.6 Å². The number of anilines is 1. The Bertz CT molecular complexity index is 1890. The standard InChI is InChI=1S/C36H43ClF3N5O7S/c1-4-22-15-35(22,33(48)43-53(50,51)26-11-12-26)19-41-31(46)29-14-25(52-34(49)44-16-21-7-5-10-28(37)27(21)18-44)17-45(29)32(47)30(20(2)3)42-24-9-6-8-23(13-24)36(38,39)40/h5-10,13,20,22,25-26,29-30,42H,4,11-12,14-19H2,1-3H3,(H,41,46)(H,43,48)/t22-,25-,29+,30+,35-/m1/s1. The molecule has 5 atom stereocenters. The number of hydrogen-bond donors (Lipinski definition) is 3. The molecule has 2 aromatic rings. The number of amides is 4. The van der Waals surface area contributed by atoms with E-state index in [1.165, 1.54) is 21.9 Å². The molecule has 0 radical (unpaired) electrons. The van der Waals surface area contributed by atoms with Gasteiger partial charge < -0.3 is 20.3 Å². The number of alkyl halides is 3. The summed E-state index contributed by atoms with van der Waals surface area (Å²) in [6.45, 7) is 5.38. The number of nitrogens with zero attached hydrogens (tertiary/aromatic N) is 2. The van der Waals surface area contributed by atoms with Crippen molar-refractivity contribution in [3.05, 3.63) is 64.2 Å². The molecule has 2 aromatic carbocycles. The van der Waals surface area contributed by atoms with Gasteiger partial charge in [-0.1, -0.05) is 57.0 Å². The first kappa shape index (κ1) is 38.7. The van der Waals surface area contributed by atoms with E-state index in [0.717, 1.165) is 23.3 Å². The number of rotatable bonds is 12. The third kappa shape index (κ3) is 8.22. The van der Waals surface area contributed by atoms with E-state index in [1.807, 2.05) is 13.0 Å². The SMILES string of the molecule is CC[C@@H]1C[C@]1(CNC(=O)[C@@H]1C[C@@H](OC(=O)N2Cc3cccc(Cl)c3C2)CN1C(=O)[C@@H](Nc1cccc(C(F)(F)F)c1)C(C)C)C(=O)NS(=O)(=O)C1CC1. The lowest BCUT2D eigenvalue weighted by Gasteiger charge is -2.31. The summed E-state index contributed by atoms with van der Waals surface area (Å²) < 4.78 is 73.7.